The summed E-state index contributed by atoms with van der Waals surface area (Å²) in [5.74, 6) is 0.632. The first-order valence-corrected chi connectivity index (χ1v) is 4.67. The smallest absolute Gasteiger partial charge is 0.0602 e. The number of halogens is 1. The third kappa shape index (κ3) is 2.82. The topological polar surface area (TPSA) is 12.9 Å². The standard InChI is InChI=1S/C10H14ClN/c1-8(2)6-10(11)9-4-3-5-12-7-9/h3-5,7-8,10H,6H2,1-2H3. The SMILES string of the molecule is CC(C)CC(Cl)c1cccnc1. The van der Waals surface area contributed by atoms with Crippen molar-refractivity contribution in [2.45, 2.75) is 25.6 Å². The van der Waals surface area contributed by atoms with Crippen LogP contribution in [0, 0.1) is 5.92 Å². The molecule has 0 saturated heterocycles. The van der Waals surface area contributed by atoms with Gasteiger partial charge in [0.2, 0.25) is 0 Å². The maximum absolute atomic E-state index is 6.16. The summed E-state index contributed by atoms with van der Waals surface area (Å²) >= 11 is 6.16. The highest BCUT2D eigenvalue weighted by Gasteiger charge is 2.08. The lowest BCUT2D eigenvalue weighted by atomic mass is 10.0. The summed E-state index contributed by atoms with van der Waals surface area (Å²) in [6.45, 7) is 4.34. The van der Waals surface area contributed by atoms with E-state index in [0.717, 1.165) is 12.0 Å². The van der Waals surface area contributed by atoms with Crippen LogP contribution in [0.25, 0.3) is 0 Å². The Morgan fingerprint density at radius 2 is 2.25 bits per heavy atom. The molecule has 0 spiro atoms. The van der Waals surface area contributed by atoms with Crippen molar-refractivity contribution in [2.24, 2.45) is 5.92 Å². The average molecular weight is 184 g/mol. The summed E-state index contributed by atoms with van der Waals surface area (Å²) in [7, 11) is 0. The zero-order valence-corrected chi connectivity index (χ0v) is 8.25. The molecule has 1 nitrogen and oxygen atoms in total. The van der Waals surface area contributed by atoms with Crippen LogP contribution in [-0.4, -0.2) is 4.98 Å². The van der Waals surface area contributed by atoms with Crippen molar-refractivity contribution in [1.29, 1.82) is 0 Å². The van der Waals surface area contributed by atoms with E-state index < -0.39 is 0 Å². The van der Waals surface area contributed by atoms with Gasteiger partial charge in [-0.05, 0) is 24.0 Å². The number of rotatable bonds is 3. The number of aromatic nitrogens is 1. The Morgan fingerprint density at radius 1 is 1.50 bits per heavy atom. The van der Waals surface area contributed by atoms with Crippen molar-refractivity contribution >= 4 is 11.6 Å². The maximum Gasteiger partial charge on any atom is 0.0602 e. The van der Waals surface area contributed by atoms with Gasteiger partial charge in [0.1, 0.15) is 0 Å². The van der Waals surface area contributed by atoms with Gasteiger partial charge in [-0.2, -0.15) is 0 Å². The summed E-state index contributed by atoms with van der Waals surface area (Å²) in [5, 5.41) is 0.110. The number of alkyl halides is 1. The molecule has 0 N–H and O–H groups in total. The van der Waals surface area contributed by atoms with E-state index >= 15 is 0 Å². The van der Waals surface area contributed by atoms with Crippen LogP contribution in [-0.2, 0) is 0 Å². The predicted octanol–water partition coefficient (Wildman–Crippen LogP) is 3.41. The van der Waals surface area contributed by atoms with Gasteiger partial charge in [0.15, 0.2) is 0 Å². The molecule has 0 saturated carbocycles. The van der Waals surface area contributed by atoms with Gasteiger partial charge in [0.25, 0.3) is 0 Å². The molecule has 66 valence electrons. The van der Waals surface area contributed by atoms with E-state index in [1.807, 2.05) is 18.3 Å². The van der Waals surface area contributed by atoms with Crippen LogP contribution < -0.4 is 0 Å². The minimum atomic E-state index is 0.110. The lowest BCUT2D eigenvalue weighted by molar-refractivity contribution is 0.574. The second kappa shape index (κ2) is 4.46. The Labute approximate surface area is 78.8 Å². The zero-order valence-electron chi connectivity index (χ0n) is 7.50. The average Bonchev–Trinajstić information content (AvgIpc) is 2.05. The van der Waals surface area contributed by atoms with E-state index in [1.54, 1.807) is 6.20 Å². The minimum absolute atomic E-state index is 0.110. The predicted molar refractivity (Wildman–Crippen MR) is 52.3 cm³/mol. The second-order valence-corrected chi connectivity index (χ2v) is 3.91. The van der Waals surface area contributed by atoms with Crippen molar-refractivity contribution in [1.82, 2.24) is 4.98 Å². The Morgan fingerprint density at radius 3 is 2.75 bits per heavy atom. The summed E-state index contributed by atoms with van der Waals surface area (Å²) in [6.07, 6.45) is 4.61. The van der Waals surface area contributed by atoms with Gasteiger partial charge >= 0.3 is 0 Å². The summed E-state index contributed by atoms with van der Waals surface area (Å²) in [5.41, 5.74) is 1.12. The number of hydrogen-bond acceptors (Lipinski definition) is 1. The van der Waals surface area contributed by atoms with Gasteiger partial charge in [0, 0.05) is 12.4 Å². The number of nitrogens with zero attached hydrogens (tertiary/aromatic N) is 1. The molecule has 1 heterocycles. The van der Waals surface area contributed by atoms with Crippen LogP contribution in [0.2, 0.25) is 0 Å². The molecule has 12 heavy (non-hydrogen) atoms. The summed E-state index contributed by atoms with van der Waals surface area (Å²) in [4.78, 5) is 4.03. The molecule has 1 unspecified atom stereocenters. The minimum Gasteiger partial charge on any atom is -0.264 e. The monoisotopic (exact) mass is 183 g/mol. The van der Waals surface area contributed by atoms with E-state index in [4.69, 9.17) is 11.6 Å². The zero-order chi connectivity index (χ0) is 8.97. The van der Waals surface area contributed by atoms with Crippen LogP contribution >= 0.6 is 11.6 Å². The van der Waals surface area contributed by atoms with Gasteiger partial charge in [-0.3, -0.25) is 4.98 Å². The quantitative estimate of drug-likeness (QED) is 0.655. The molecule has 0 aliphatic carbocycles. The lowest BCUT2D eigenvalue weighted by Crippen LogP contribution is -1.96. The third-order valence-corrected chi connectivity index (χ3v) is 2.15. The van der Waals surface area contributed by atoms with Crippen molar-refractivity contribution in [3.63, 3.8) is 0 Å². The molecule has 1 aromatic heterocycles. The molecule has 0 bridgehead atoms. The molecular formula is C10H14ClN. The summed E-state index contributed by atoms with van der Waals surface area (Å²) < 4.78 is 0. The normalized spacial score (nSPS) is 13.3. The van der Waals surface area contributed by atoms with Gasteiger partial charge in [-0.1, -0.05) is 19.9 Å². The van der Waals surface area contributed by atoms with Crippen molar-refractivity contribution in [3.05, 3.63) is 30.1 Å². The van der Waals surface area contributed by atoms with Crippen LogP contribution in [0.15, 0.2) is 24.5 Å². The molecule has 0 amide bonds. The molecular weight excluding hydrogens is 170 g/mol. The molecule has 0 aliphatic rings. The number of pyridine rings is 1. The van der Waals surface area contributed by atoms with Crippen LogP contribution in [0.3, 0.4) is 0 Å². The van der Waals surface area contributed by atoms with Gasteiger partial charge in [-0.15, -0.1) is 11.6 Å². The third-order valence-electron chi connectivity index (χ3n) is 1.72. The molecule has 0 aromatic carbocycles. The number of hydrogen-bond donors (Lipinski definition) is 0. The fourth-order valence-corrected chi connectivity index (χ4v) is 1.60. The molecule has 1 atom stereocenters. The largest absolute Gasteiger partial charge is 0.264 e. The van der Waals surface area contributed by atoms with Crippen LogP contribution in [0.1, 0.15) is 31.2 Å². The molecule has 0 fully saturated rings. The molecule has 2 heteroatoms. The first-order valence-electron chi connectivity index (χ1n) is 4.24. The van der Waals surface area contributed by atoms with Crippen LogP contribution in [0.4, 0.5) is 0 Å². The first kappa shape index (κ1) is 9.53. The Bertz CT molecular complexity index is 221. The Kier molecular flexibility index (Phi) is 3.54. The van der Waals surface area contributed by atoms with Gasteiger partial charge in [0.05, 0.1) is 5.38 Å². The molecule has 1 aromatic rings. The molecule has 0 radical (unpaired) electrons. The van der Waals surface area contributed by atoms with Gasteiger partial charge < -0.3 is 0 Å². The van der Waals surface area contributed by atoms with E-state index in [0.29, 0.717) is 5.92 Å². The summed E-state index contributed by atoms with van der Waals surface area (Å²) in [6, 6.07) is 3.94. The van der Waals surface area contributed by atoms with Crippen molar-refractivity contribution in [3.8, 4) is 0 Å². The highest BCUT2D eigenvalue weighted by molar-refractivity contribution is 6.20. The van der Waals surface area contributed by atoms with Crippen molar-refractivity contribution < 1.29 is 0 Å². The van der Waals surface area contributed by atoms with E-state index in [1.165, 1.54) is 0 Å². The maximum atomic E-state index is 6.16. The Balaban J connectivity index is 2.59. The fraction of sp³-hybridized carbons (Fsp3) is 0.500. The molecule has 1 rings (SSSR count). The lowest BCUT2D eigenvalue weighted by Gasteiger charge is -2.11. The highest BCUT2D eigenvalue weighted by Crippen LogP contribution is 2.26. The Hall–Kier alpha value is -0.560. The first-order chi connectivity index (χ1) is 5.70. The van der Waals surface area contributed by atoms with Crippen molar-refractivity contribution in [2.75, 3.05) is 0 Å². The van der Waals surface area contributed by atoms with E-state index in [-0.39, 0.29) is 5.38 Å². The fourth-order valence-electron chi connectivity index (χ4n) is 1.11. The van der Waals surface area contributed by atoms with E-state index in [2.05, 4.69) is 18.8 Å². The van der Waals surface area contributed by atoms with Crippen LogP contribution in [0.5, 0.6) is 0 Å². The van der Waals surface area contributed by atoms with Gasteiger partial charge in [-0.25, -0.2) is 0 Å². The molecule has 0 aliphatic heterocycles. The van der Waals surface area contributed by atoms with E-state index in [9.17, 15) is 0 Å². The second-order valence-electron chi connectivity index (χ2n) is 3.38. The highest BCUT2D eigenvalue weighted by atomic mass is 35.5.